The Bertz CT molecular complexity index is 853. The second-order valence-corrected chi connectivity index (χ2v) is 7.18. The van der Waals surface area contributed by atoms with Crippen molar-refractivity contribution in [3.63, 3.8) is 0 Å². The van der Waals surface area contributed by atoms with E-state index in [1.54, 1.807) is 36.2 Å². The molecule has 2 heterocycles. The van der Waals surface area contributed by atoms with E-state index in [1.165, 1.54) is 17.1 Å². The quantitative estimate of drug-likeness (QED) is 0.772. The number of rotatable bonds is 6. The average molecular weight is 386 g/mol. The summed E-state index contributed by atoms with van der Waals surface area (Å²) in [7, 11) is 0. The van der Waals surface area contributed by atoms with E-state index in [-0.39, 0.29) is 42.7 Å². The number of amides is 2. The number of nitrogens with zero attached hydrogens (tertiary/aromatic N) is 3. The van der Waals surface area contributed by atoms with Crippen LogP contribution in [0.25, 0.3) is 0 Å². The molecule has 27 heavy (non-hydrogen) atoms. The number of nitrogens with one attached hydrogen (secondary N) is 1. The number of anilines is 1. The Morgan fingerprint density at radius 1 is 1.22 bits per heavy atom. The molecular formula is C19H19FN4O2S. The first kappa shape index (κ1) is 19.0. The normalized spacial score (nSPS) is 14.1. The minimum Gasteiger partial charge on any atom is -0.319 e. The SMILES string of the molecule is CCSc1ccc(NC(=O)C2=NN(Cc3ccc(F)cc3)C(=O)CC2)cn1. The zero-order valence-corrected chi connectivity index (χ0v) is 15.6. The molecule has 0 saturated carbocycles. The number of hydrogen-bond acceptors (Lipinski definition) is 5. The van der Waals surface area contributed by atoms with Crippen LogP contribution >= 0.6 is 11.8 Å². The lowest BCUT2D eigenvalue weighted by atomic mass is 10.1. The molecule has 8 heteroatoms. The van der Waals surface area contributed by atoms with Gasteiger partial charge >= 0.3 is 0 Å². The molecule has 1 N–H and O–H groups in total. The molecule has 2 aromatic rings. The van der Waals surface area contributed by atoms with Crippen LogP contribution < -0.4 is 5.32 Å². The molecule has 1 aromatic carbocycles. The molecule has 0 radical (unpaired) electrons. The molecule has 0 bridgehead atoms. The molecule has 3 rings (SSSR count). The second-order valence-electron chi connectivity index (χ2n) is 5.90. The maximum atomic E-state index is 13.0. The van der Waals surface area contributed by atoms with E-state index in [1.807, 2.05) is 13.0 Å². The lowest BCUT2D eigenvalue weighted by Gasteiger charge is -2.23. The third-order valence-electron chi connectivity index (χ3n) is 3.90. The summed E-state index contributed by atoms with van der Waals surface area (Å²) in [6.45, 7) is 2.24. The Morgan fingerprint density at radius 3 is 2.67 bits per heavy atom. The first-order valence-corrected chi connectivity index (χ1v) is 9.56. The molecule has 1 aromatic heterocycles. The zero-order valence-electron chi connectivity index (χ0n) is 14.8. The fourth-order valence-electron chi connectivity index (χ4n) is 2.54. The summed E-state index contributed by atoms with van der Waals surface area (Å²) in [4.78, 5) is 28.8. The summed E-state index contributed by atoms with van der Waals surface area (Å²) in [5.74, 6) is 0.0556. The van der Waals surface area contributed by atoms with Gasteiger partial charge in [0, 0.05) is 12.8 Å². The van der Waals surface area contributed by atoms with E-state index in [0.717, 1.165) is 16.3 Å². The second kappa shape index (κ2) is 8.77. The third-order valence-corrected chi connectivity index (χ3v) is 4.73. The van der Waals surface area contributed by atoms with Crippen molar-refractivity contribution < 1.29 is 14.0 Å². The van der Waals surface area contributed by atoms with Gasteiger partial charge in [-0.15, -0.1) is 11.8 Å². The van der Waals surface area contributed by atoms with Gasteiger partial charge in [0.2, 0.25) is 5.91 Å². The number of benzene rings is 1. The molecule has 0 spiro atoms. The standard InChI is InChI=1S/C19H19FN4O2S/c1-2-27-17-9-7-15(11-21-17)22-19(26)16-8-10-18(25)24(23-16)12-13-3-5-14(20)6-4-13/h3-7,9,11H,2,8,10,12H2,1H3,(H,22,26). The minimum atomic E-state index is -0.357. The summed E-state index contributed by atoms with van der Waals surface area (Å²) in [6.07, 6.45) is 2.08. The monoisotopic (exact) mass is 386 g/mol. The van der Waals surface area contributed by atoms with E-state index in [9.17, 15) is 14.0 Å². The Morgan fingerprint density at radius 2 is 2.00 bits per heavy atom. The summed E-state index contributed by atoms with van der Waals surface area (Å²) >= 11 is 1.62. The van der Waals surface area contributed by atoms with E-state index in [2.05, 4.69) is 15.4 Å². The largest absolute Gasteiger partial charge is 0.319 e. The molecule has 2 amide bonds. The molecule has 6 nitrogen and oxygen atoms in total. The molecule has 1 aliphatic rings. The number of pyridine rings is 1. The fourth-order valence-corrected chi connectivity index (χ4v) is 3.13. The molecule has 0 fully saturated rings. The number of hydrazone groups is 1. The van der Waals surface area contributed by atoms with Gasteiger partial charge in [-0.2, -0.15) is 5.10 Å². The van der Waals surface area contributed by atoms with Gasteiger partial charge in [-0.05, 0) is 35.6 Å². The summed E-state index contributed by atoms with van der Waals surface area (Å²) in [6, 6.07) is 9.47. The van der Waals surface area contributed by atoms with Gasteiger partial charge < -0.3 is 5.32 Å². The van der Waals surface area contributed by atoms with Crippen LogP contribution in [0, 0.1) is 5.82 Å². The van der Waals surface area contributed by atoms with Crippen molar-refractivity contribution in [2.75, 3.05) is 11.1 Å². The number of carbonyl (C=O) groups is 2. The molecule has 140 valence electrons. The van der Waals surface area contributed by atoms with E-state index in [4.69, 9.17) is 0 Å². The predicted molar refractivity (Wildman–Crippen MR) is 103 cm³/mol. The highest BCUT2D eigenvalue weighted by Gasteiger charge is 2.24. The number of carbonyl (C=O) groups excluding carboxylic acids is 2. The number of halogens is 1. The minimum absolute atomic E-state index is 0.168. The number of hydrogen-bond donors (Lipinski definition) is 1. The van der Waals surface area contributed by atoms with Crippen LogP contribution in [-0.2, 0) is 16.1 Å². The number of aromatic nitrogens is 1. The Balaban J connectivity index is 1.67. The van der Waals surface area contributed by atoms with Crippen LogP contribution in [0.1, 0.15) is 25.3 Å². The first-order valence-electron chi connectivity index (χ1n) is 8.57. The average Bonchev–Trinajstić information content (AvgIpc) is 2.67. The topological polar surface area (TPSA) is 74.7 Å². The highest BCUT2D eigenvalue weighted by Crippen LogP contribution is 2.18. The van der Waals surface area contributed by atoms with Crippen LogP contribution in [0.3, 0.4) is 0 Å². The Labute approximate surface area is 160 Å². The lowest BCUT2D eigenvalue weighted by molar-refractivity contribution is -0.132. The van der Waals surface area contributed by atoms with Crippen molar-refractivity contribution in [1.82, 2.24) is 9.99 Å². The fraction of sp³-hybridized carbons (Fsp3) is 0.263. The molecule has 0 aliphatic carbocycles. The van der Waals surface area contributed by atoms with E-state index in [0.29, 0.717) is 5.69 Å². The van der Waals surface area contributed by atoms with Gasteiger partial charge in [0.05, 0.1) is 23.5 Å². The molecule has 1 aliphatic heterocycles. The zero-order chi connectivity index (χ0) is 19.2. The van der Waals surface area contributed by atoms with Crippen molar-refractivity contribution in [3.05, 3.63) is 54.0 Å². The van der Waals surface area contributed by atoms with Gasteiger partial charge in [0.15, 0.2) is 0 Å². The number of thioether (sulfide) groups is 1. The van der Waals surface area contributed by atoms with Gasteiger partial charge in [0.25, 0.3) is 5.91 Å². The van der Waals surface area contributed by atoms with Gasteiger partial charge in [0.1, 0.15) is 11.5 Å². The lowest BCUT2D eigenvalue weighted by Crippen LogP contribution is -2.36. The van der Waals surface area contributed by atoms with Crippen LogP contribution in [-0.4, -0.2) is 33.3 Å². The van der Waals surface area contributed by atoms with Crippen molar-refractivity contribution in [2.45, 2.75) is 31.3 Å². The first-order chi connectivity index (χ1) is 13.0. The van der Waals surface area contributed by atoms with Gasteiger partial charge in [-0.3, -0.25) is 9.59 Å². The van der Waals surface area contributed by atoms with Gasteiger partial charge in [-0.25, -0.2) is 14.4 Å². The van der Waals surface area contributed by atoms with Crippen LogP contribution in [0.5, 0.6) is 0 Å². The van der Waals surface area contributed by atoms with Crippen molar-refractivity contribution in [1.29, 1.82) is 0 Å². The highest BCUT2D eigenvalue weighted by atomic mass is 32.2. The predicted octanol–water partition coefficient (Wildman–Crippen LogP) is 3.45. The molecule has 0 atom stereocenters. The summed E-state index contributed by atoms with van der Waals surface area (Å²) in [5, 5.41) is 9.10. The maximum absolute atomic E-state index is 13.0. The van der Waals surface area contributed by atoms with Crippen LogP contribution in [0.2, 0.25) is 0 Å². The highest BCUT2D eigenvalue weighted by molar-refractivity contribution is 7.99. The summed E-state index contributed by atoms with van der Waals surface area (Å²) < 4.78 is 13.0. The van der Waals surface area contributed by atoms with E-state index >= 15 is 0 Å². The maximum Gasteiger partial charge on any atom is 0.271 e. The molecular weight excluding hydrogens is 367 g/mol. The van der Waals surface area contributed by atoms with Gasteiger partial charge in [-0.1, -0.05) is 19.1 Å². The van der Waals surface area contributed by atoms with E-state index < -0.39 is 0 Å². The summed E-state index contributed by atoms with van der Waals surface area (Å²) in [5.41, 5.74) is 1.59. The smallest absolute Gasteiger partial charge is 0.271 e. The third kappa shape index (κ3) is 5.13. The Hall–Kier alpha value is -2.74. The van der Waals surface area contributed by atoms with Crippen LogP contribution in [0.15, 0.2) is 52.7 Å². The molecule has 0 unspecified atom stereocenters. The Kier molecular flexibility index (Phi) is 6.18. The van der Waals surface area contributed by atoms with Crippen molar-refractivity contribution >= 4 is 35.0 Å². The van der Waals surface area contributed by atoms with Crippen molar-refractivity contribution in [2.24, 2.45) is 5.10 Å². The van der Waals surface area contributed by atoms with Crippen LogP contribution in [0.4, 0.5) is 10.1 Å². The van der Waals surface area contributed by atoms with Crippen molar-refractivity contribution in [3.8, 4) is 0 Å². The molecule has 0 saturated heterocycles.